The summed E-state index contributed by atoms with van der Waals surface area (Å²) in [4.78, 5) is 37.4. The molecular weight excluding hydrogens is 436 g/mol. The van der Waals surface area contributed by atoms with Gasteiger partial charge in [0.1, 0.15) is 6.61 Å². The fraction of sp³-hybridized carbons (Fsp3) is 0.192. The average molecular weight is 460 g/mol. The molecule has 0 fully saturated rings. The number of hydrogen-bond donors (Lipinski definition) is 2. The van der Waals surface area contributed by atoms with Gasteiger partial charge in [-0.05, 0) is 36.8 Å². The number of anilines is 1. The van der Waals surface area contributed by atoms with Crippen molar-refractivity contribution in [3.63, 3.8) is 0 Å². The largest absolute Gasteiger partial charge is 0.485 e. The zero-order valence-electron chi connectivity index (χ0n) is 18.6. The molecule has 8 nitrogen and oxygen atoms in total. The Labute approximate surface area is 196 Å². The van der Waals surface area contributed by atoms with Crippen LogP contribution >= 0.6 is 0 Å². The van der Waals surface area contributed by atoms with Gasteiger partial charge in [0.15, 0.2) is 18.1 Å². The number of carbonyl (C=O) groups is 3. The van der Waals surface area contributed by atoms with Crippen LogP contribution in [-0.2, 0) is 20.9 Å². The minimum atomic E-state index is -0.970. The fourth-order valence-corrected chi connectivity index (χ4v) is 3.33. The van der Waals surface area contributed by atoms with Crippen LogP contribution in [0.1, 0.15) is 21.5 Å². The SMILES string of the molecule is Cc1ccc(CNC(=O)c2ccccc2NC(=O)COC(=O)C2COc3ccccc3O2)cc1. The van der Waals surface area contributed by atoms with Crippen LogP contribution in [0.25, 0.3) is 0 Å². The van der Waals surface area contributed by atoms with Gasteiger partial charge in [-0.25, -0.2) is 4.79 Å². The molecule has 2 N–H and O–H groups in total. The molecule has 1 heterocycles. The molecular formula is C26H24N2O6. The number of aryl methyl sites for hydroxylation is 1. The molecule has 1 atom stereocenters. The lowest BCUT2D eigenvalue weighted by Gasteiger charge is -2.24. The lowest BCUT2D eigenvalue weighted by molar-refractivity contribution is -0.156. The predicted molar refractivity (Wildman–Crippen MR) is 125 cm³/mol. The second-order valence-electron chi connectivity index (χ2n) is 7.73. The molecule has 0 aromatic heterocycles. The first-order valence-electron chi connectivity index (χ1n) is 10.8. The van der Waals surface area contributed by atoms with E-state index in [0.29, 0.717) is 29.3 Å². The highest BCUT2D eigenvalue weighted by Gasteiger charge is 2.29. The van der Waals surface area contributed by atoms with Gasteiger partial charge in [0.25, 0.3) is 11.8 Å². The molecule has 0 spiro atoms. The molecule has 0 saturated heterocycles. The van der Waals surface area contributed by atoms with Crippen LogP contribution in [0.4, 0.5) is 5.69 Å². The molecule has 1 aliphatic rings. The van der Waals surface area contributed by atoms with E-state index in [-0.39, 0.29) is 12.5 Å². The monoisotopic (exact) mass is 460 g/mol. The Balaban J connectivity index is 1.30. The summed E-state index contributed by atoms with van der Waals surface area (Å²) in [5, 5.41) is 5.47. The first-order valence-corrected chi connectivity index (χ1v) is 10.8. The van der Waals surface area contributed by atoms with E-state index >= 15 is 0 Å². The van der Waals surface area contributed by atoms with Gasteiger partial charge in [-0.1, -0.05) is 54.1 Å². The number of benzene rings is 3. The first kappa shape index (κ1) is 22.8. The van der Waals surface area contributed by atoms with Gasteiger partial charge < -0.3 is 24.8 Å². The van der Waals surface area contributed by atoms with Crippen LogP contribution in [0.2, 0.25) is 0 Å². The van der Waals surface area contributed by atoms with Gasteiger partial charge in [-0.15, -0.1) is 0 Å². The number of para-hydroxylation sites is 3. The number of fused-ring (bicyclic) bond motifs is 1. The van der Waals surface area contributed by atoms with E-state index in [1.54, 1.807) is 48.5 Å². The second kappa shape index (κ2) is 10.5. The Bertz CT molecular complexity index is 1190. The van der Waals surface area contributed by atoms with Gasteiger partial charge in [-0.3, -0.25) is 9.59 Å². The summed E-state index contributed by atoms with van der Waals surface area (Å²) in [6.07, 6.45) is -0.970. The van der Waals surface area contributed by atoms with Crippen LogP contribution in [0.5, 0.6) is 11.5 Å². The number of rotatable bonds is 7. The van der Waals surface area contributed by atoms with Gasteiger partial charge in [0.05, 0.1) is 11.3 Å². The normalized spacial score (nSPS) is 14.1. The molecule has 0 saturated carbocycles. The standard InChI is InChI=1S/C26H24N2O6/c1-17-10-12-18(13-11-17)14-27-25(30)19-6-2-3-7-20(19)28-24(29)16-33-26(31)23-15-32-21-8-4-5-9-22(21)34-23/h2-13,23H,14-16H2,1H3,(H,27,30)(H,28,29). The molecule has 174 valence electrons. The molecule has 3 aromatic carbocycles. The number of esters is 1. The summed E-state index contributed by atoms with van der Waals surface area (Å²) in [5.41, 5.74) is 2.71. The van der Waals surface area contributed by atoms with Crippen molar-refractivity contribution in [3.05, 3.63) is 89.5 Å². The zero-order valence-corrected chi connectivity index (χ0v) is 18.6. The maximum atomic E-state index is 12.7. The Kier molecular flexibility index (Phi) is 7.07. The average Bonchev–Trinajstić information content (AvgIpc) is 2.86. The summed E-state index contributed by atoms with van der Waals surface area (Å²) < 4.78 is 16.2. The van der Waals surface area contributed by atoms with E-state index < -0.39 is 24.6 Å². The molecule has 34 heavy (non-hydrogen) atoms. The van der Waals surface area contributed by atoms with Gasteiger partial charge in [0.2, 0.25) is 6.10 Å². The number of ether oxygens (including phenoxy) is 3. The van der Waals surface area contributed by atoms with Crippen molar-refractivity contribution in [2.75, 3.05) is 18.5 Å². The minimum absolute atomic E-state index is 0.0124. The molecule has 2 amide bonds. The fourth-order valence-electron chi connectivity index (χ4n) is 3.33. The molecule has 0 bridgehead atoms. The highest BCUT2D eigenvalue weighted by Crippen LogP contribution is 2.31. The van der Waals surface area contributed by atoms with Crippen LogP contribution < -0.4 is 20.1 Å². The van der Waals surface area contributed by atoms with Crippen molar-refractivity contribution >= 4 is 23.5 Å². The lowest BCUT2D eigenvalue weighted by atomic mass is 10.1. The molecule has 0 radical (unpaired) electrons. The zero-order chi connectivity index (χ0) is 23.9. The second-order valence-corrected chi connectivity index (χ2v) is 7.73. The van der Waals surface area contributed by atoms with Crippen molar-refractivity contribution in [2.45, 2.75) is 19.6 Å². The molecule has 1 unspecified atom stereocenters. The maximum Gasteiger partial charge on any atom is 0.351 e. The van der Waals surface area contributed by atoms with Crippen molar-refractivity contribution in [3.8, 4) is 11.5 Å². The molecule has 3 aromatic rings. The van der Waals surface area contributed by atoms with Gasteiger partial charge in [-0.2, -0.15) is 0 Å². The Morgan fingerprint density at radius 1 is 0.941 bits per heavy atom. The quantitative estimate of drug-likeness (QED) is 0.525. The molecule has 4 rings (SSSR count). The molecule has 1 aliphatic heterocycles. The number of amides is 2. The Morgan fingerprint density at radius 3 is 2.44 bits per heavy atom. The molecule has 8 heteroatoms. The third-order valence-corrected chi connectivity index (χ3v) is 5.14. The van der Waals surface area contributed by atoms with Crippen molar-refractivity contribution < 1.29 is 28.6 Å². The lowest BCUT2D eigenvalue weighted by Crippen LogP contribution is -2.39. The summed E-state index contributed by atoms with van der Waals surface area (Å²) in [6, 6.07) is 21.4. The first-order chi connectivity index (χ1) is 16.5. The summed E-state index contributed by atoms with van der Waals surface area (Å²) in [5.74, 6) is -0.648. The van der Waals surface area contributed by atoms with E-state index in [0.717, 1.165) is 11.1 Å². The predicted octanol–water partition coefficient (Wildman–Crippen LogP) is 3.25. The van der Waals surface area contributed by atoms with E-state index in [4.69, 9.17) is 14.2 Å². The van der Waals surface area contributed by atoms with E-state index in [1.807, 2.05) is 31.2 Å². The summed E-state index contributed by atoms with van der Waals surface area (Å²) in [7, 11) is 0. The number of hydrogen-bond acceptors (Lipinski definition) is 6. The van der Waals surface area contributed by atoms with Gasteiger partial charge in [0, 0.05) is 6.54 Å². The van der Waals surface area contributed by atoms with E-state index in [9.17, 15) is 14.4 Å². The van der Waals surface area contributed by atoms with E-state index in [2.05, 4.69) is 10.6 Å². The van der Waals surface area contributed by atoms with Crippen LogP contribution in [0, 0.1) is 6.92 Å². The van der Waals surface area contributed by atoms with Crippen LogP contribution in [-0.4, -0.2) is 37.1 Å². The summed E-state index contributed by atoms with van der Waals surface area (Å²) in [6.45, 7) is 1.81. The molecule has 0 aliphatic carbocycles. The van der Waals surface area contributed by atoms with Gasteiger partial charge >= 0.3 is 5.97 Å². The maximum absolute atomic E-state index is 12.7. The third-order valence-electron chi connectivity index (χ3n) is 5.14. The van der Waals surface area contributed by atoms with E-state index in [1.165, 1.54) is 0 Å². The topological polar surface area (TPSA) is 103 Å². The van der Waals surface area contributed by atoms with Crippen molar-refractivity contribution in [1.29, 1.82) is 0 Å². The minimum Gasteiger partial charge on any atom is -0.485 e. The van der Waals surface area contributed by atoms with Crippen LogP contribution in [0.15, 0.2) is 72.8 Å². The highest BCUT2D eigenvalue weighted by atomic mass is 16.6. The summed E-state index contributed by atoms with van der Waals surface area (Å²) >= 11 is 0. The highest BCUT2D eigenvalue weighted by molar-refractivity contribution is 6.04. The van der Waals surface area contributed by atoms with Crippen molar-refractivity contribution in [1.82, 2.24) is 5.32 Å². The number of carbonyl (C=O) groups excluding carboxylic acids is 3. The van der Waals surface area contributed by atoms with Crippen molar-refractivity contribution in [2.24, 2.45) is 0 Å². The number of nitrogens with one attached hydrogen (secondary N) is 2. The Hall–Kier alpha value is -4.33. The smallest absolute Gasteiger partial charge is 0.351 e. The van der Waals surface area contributed by atoms with Crippen LogP contribution in [0.3, 0.4) is 0 Å². The Morgan fingerprint density at radius 2 is 1.65 bits per heavy atom. The third kappa shape index (κ3) is 5.72.